The normalized spacial score (nSPS) is 11.9. The molecule has 0 aliphatic heterocycles. The van der Waals surface area contributed by atoms with E-state index in [9.17, 15) is 4.79 Å². The lowest BCUT2D eigenvalue weighted by Gasteiger charge is -2.17. The van der Waals surface area contributed by atoms with Crippen LogP contribution in [0.25, 0.3) is 0 Å². The average Bonchev–Trinajstić information content (AvgIpc) is 2.80. The third kappa shape index (κ3) is 4.28. The molecule has 24 heavy (non-hydrogen) atoms. The summed E-state index contributed by atoms with van der Waals surface area (Å²) in [5.41, 5.74) is 4.86. The second-order valence-electron chi connectivity index (χ2n) is 6.40. The maximum atomic E-state index is 12.2. The zero-order valence-corrected chi connectivity index (χ0v) is 15.2. The van der Waals surface area contributed by atoms with E-state index in [1.54, 1.807) is 0 Å². The Hall–Kier alpha value is -2.50. The van der Waals surface area contributed by atoms with E-state index in [1.807, 2.05) is 64.9 Å². The molecular weight excluding hydrogens is 304 g/mol. The number of anilines is 2. The van der Waals surface area contributed by atoms with Crippen molar-refractivity contribution < 1.29 is 9.32 Å². The molecule has 0 aliphatic carbocycles. The summed E-state index contributed by atoms with van der Waals surface area (Å²) >= 11 is 0. The Morgan fingerprint density at radius 2 is 2.00 bits per heavy atom. The summed E-state index contributed by atoms with van der Waals surface area (Å²) < 4.78 is 5.16. The first-order valence-corrected chi connectivity index (χ1v) is 8.05. The van der Waals surface area contributed by atoms with Gasteiger partial charge >= 0.3 is 6.03 Å². The van der Waals surface area contributed by atoms with Crippen LogP contribution in [0.15, 0.2) is 22.7 Å². The number of amides is 2. The van der Waals surface area contributed by atoms with Crippen LogP contribution in [0.3, 0.4) is 0 Å². The Bertz CT molecular complexity index is 702. The lowest BCUT2D eigenvalue weighted by molar-refractivity contribution is 0.249. The SMILES string of the molecule is Cc1cc(N(C)C)ccc1NC(=O)NC(C)Cc1c(C)noc1C. The number of benzene rings is 1. The van der Waals surface area contributed by atoms with E-state index in [2.05, 4.69) is 15.8 Å². The molecule has 6 nitrogen and oxygen atoms in total. The number of aryl methyl sites for hydroxylation is 3. The van der Waals surface area contributed by atoms with Gasteiger partial charge in [0.2, 0.25) is 0 Å². The molecule has 1 aromatic carbocycles. The monoisotopic (exact) mass is 330 g/mol. The Kier molecular flexibility index (Phi) is 5.49. The molecule has 0 aliphatic rings. The lowest BCUT2D eigenvalue weighted by Crippen LogP contribution is -2.37. The minimum atomic E-state index is -0.213. The Labute approximate surface area is 143 Å². The van der Waals surface area contributed by atoms with Gasteiger partial charge in [0.15, 0.2) is 0 Å². The van der Waals surface area contributed by atoms with Gasteiger partial charge in [0.05, 0.1) is 5.69 Å². The standard InChI is InChI=1S/C18H26N4O2/c1-11-9-15(22(5)6)7-8-17(11)20-18(23)19-12(2)10-16-13(3)21-24-14(16)4/h7-9,12H,10H2,1-6H3,(H2,19,20,23). The molecule has 0 radical (unpaired) electrons. The van der Waals surface area contributed by atoms with E-state index in [-0.39, 0.29) is 12.1 Å². The number of carbonyl (C=O) groups excluding carboxylic acids is 1. The number of carbonyl (C=O) groups is 1. The van der Waals surface area contributed by atoms with Crippen molar-refractivity contribution in [1.29, 1.82) is 0 Å². The molecule has 0 saturated carbocycles. The molecule has 6 heteroatoms. The van der Waals surface area contributed by atoms with Gasteiger partial charge in [-0.1, -0.05) is 5.16 Å². The third-order valence-electron chi connectivity index (χ3n) is 4.04. The fraction of sp³-hybridized carbons (Fsp3) is 0.444. The molecule has 1 unspecified atom stereocenters. The number of hydrogen-bond acceptors (Lipinski definition) is 4. The van der Waals surface area contributed by atoms with Crippen molar-refractivity contribution in [3.8, 4) is 0 Å². The van der Waals surface area contributed by atoms with Gasteiger partial charge in [-0.15, -0.1) is 0 Å². The van der Waals surface area contributed by atoms with Crippen LogP contribution in [0, 0.1) is 20.8 Å². The second kappa shape index (κ2) is 7.38. The molecular formula is C18H26N4O2. The highest BCUT2D eigenvalue weighted by molar-refractivity contribution is 5.90. The molecule has 0 spiro atoms. The maximum absolute atomic E-state index is 12.2. The topological polar surface area (TPSA) is 70.4 Å². The zero-order valence-electron chi connectivity index (χ0n) is 15.2. The summed E-state index contributed by atoms with van der Waals surface area (Å²) in [4.78, 5) is 14.3. The van der Waals surface area contributed by atoms with Crippen molar-refractivity contribution in [3.05, 3.63) is 40.8 Å². The highest BCUT2D eigenvalue weighted by Crippen LogP contribution is 2.21. The molecule has 1 atom stereocenters. The summed E-state index contributed by atoms with van der Waals surface area (Å²) in [5, 5.41) is 9.81. The fourth-order valence-electron chi connectivity index (χ4n) is 2.60. The number of urea groups is 1. The van der Waals surface area contributed by atoms with Gasteiger partial charge in [0.1, 0.15) is 5.76 Å². The molecule has 0 bridgehead atoms. The van der Waals surface area contributed by atoms with Gasteiger partial charge in [-0.25, -0.2) is 4.79 Å². The smallest absolute Gasteiger partial charge is 0.319 e. The largest absolute Gasteiger partial charge is 0.378 e. The molecule has 2 amide bonds. The van der Waals surface area contributed by atoms with Crippen molar-refractivity contribution >= 4 is 17.4 Å². The van der Waals surface area contributed by atoms with Crippen LogP contribution in [0.2, 0.25) is 0 Å². The Morgan fingerprint density at radius 3 is 2.54 bits per heavy atom. The molecule has 1 heterocycles. The summed E-state index contributed by atoms with van der Waals surface area (Å²) in [6.45, 7) is 7.75. The van der Waals surface area contributed by atoms with Gasteiger partial charge in [-0.2, -0.15) is 0 Å². The van der Waals surface area contributed by atoms with Crippen LogP contribution in [0.5, 0.6) is 0 Å². The number of rotatable bonds is 5. The van der Waals surface area contributed by atoms with Gasteiger partial charge in [0.25, 0.3) is 0 Å². The zero-order chi connectivity index (χ0) is 17.9. The van der Waals surface area contributed by atoms with Crippen LogP contribution in [-0.2, 0) is 6.42 Å². The Morgan fingerprint density at radius 1 is 1.29 bits per heavy atom. The van der Waals surface area contributed by atoms with Crippen molar-refractivity contribution in [2.75, 3.05) is 24.3 Å². The third-order valence-corrected chi connectivity index (χ3v) is 4.04. The summed E-state index contributed by atoms with van der Waals surface area (Å²) in [6.07, 6.45) is 0.688. The first-order valence-electron chi connectivity index (χ1n) is 8.05. The van der Waals surface area contributed by atoms with E-state index in [0.29, 0.717) is 6.42 Å². The quantitative estimate of drug-likeness (QED) is 0.881. The maximum Gasteiger partial charge on any atom is 0.319 e. The van der Waals surface area contributed by atoms with Crippen LogP contribution in [-0.4, -0.2) is 31.3 Å². The molecule has 0 saturated heterocycles. The molecule has 0 fully saturated rings. The summed E-state index contributed by atoms with van der Waals surface area (Å²) in [6, 6.07) is 5.71. The van der Waals surface area contributed by atoms with E-state index in [1.165, 1.54) is 0 Å². The van der Waals surface area contributed by atoms with Gasteiger partial charge < -0.3 is 20.1 Å². The first kappa shape index (κ1) is 17.8. The molecule has 1 aromatic heterocycles. The highest BCUT2D eigenvalue weighted by Gasteiger charge is 2.15. The molecule has 2 N–H and O–H groups in total. The summed E-state index contributed by atoms with van der Waals surface area (Å²) in [5.74, 6) is 0.802. The van der Waals surface area contributed by atoms with E-state index in [4.69, 9.17) is 4.52 Å². The minimum absolute atomic E-state index is 0.0249. The minimum Gasteiger partial charge on any atom is -0.378 e. The van der Waals surface area contributed by atoms with Crippen molar-refractivity contribution in [2.45, 2.75) is 40.2 Å². The second-order valence-corrected chi connectivity index (χ2v) is 6.40. The molecule has 2 rings (SSSR count). The van der Waals surface area contributed by atoms with E-state index in [0.717, 1.165) is 34.0 Å². The van der Waals surface area contributed by atoms with Gasteiger partial charge in [-0.05, 0) is 57.9 Å². The van der Waals surface area contributed by atoms with Crippen molar-refractivity contribution in [2.24, 2.45) is 0 Å². The van der Waals surface area contributed by atoms with E-state index < -0.39 is 0 Å². The van der Waals surface area contributed by atoms with Gasteiger partial charge in [-0.3, -0.25) is 0 Å². The summed E-state index contributed by atoms with van der Waals surface area (Å²) in [7, 11) is 3.98. The number of nitrogens with zero attached hydrogens (tertiary/aromatic N) is 2. The molecule has 2 aromatic rings. The first-order chi connectivity index (χ1) is 11.3. The molecule has 130 valence electrons. The van der Waals surface area contributed by atoms with Crippen LogP contribution in [0.1, 0.15) is 29.5 Å². The Balaban J connectivity index is 1.95. The predicted octanol–water partition coefficient (Wildman–Crippen LogP) is 3.42. The lowest BCUT2D eigenvalue weighted by atomic mass is 10.1. The fourth-order valence-corrected chi connectivity index (χ4v) is 2.60. The van der Waals surface area contributed by atoms with Gasteiger partial charge in [0, 0.05) is 37.1 Å². The van der Waals surface area contributed by atoms with Crippen molar-refractivity contribution in [3.63, 3.8) is 0 Å². The van der Waals surface area contributed by atoms with E-state index >= 15 is 0 Å². The highest BCUT2D eigenvalue weighted by atomic mass is 16.5. The van der Waals surface area contributed by atoms with Crippen LogP contribution in [0.4, 0.5) is 16.2 Å². The number of aromatic nitrogens is 1. The van der Waals surface area contributed by atoms with Crippen LogP contribution < -0.4 is 15.5 Å². The number of hydrogen-bond donors (Lipinski definition) is 2. The van der Waals surface area contributed by atoms with Crippen LogP contribution >= 0.6 is 0 Å². The predicted molar refractivity (Wildman–Crippen MR) is 96.8 cm³/mol. The number of nitrogens with one attached hydrogen (secondary N) is 2. The van der Waals surface area contributed by atoms with Crippen molar-refractivity contribution in [1.82, 2.24) is 10.5 Å². The average molecular weight is 330 g/mol.